The predicted molar refractivity (Wildman–Crippen MR) is 58.5 cm³/mol. The van der Waals surface area contributed by atoms with Crippen LogP contribution in [0.5, 0.6) is 0 Å². The van der Waals surface area contributed by atoms with Crippen LogP contribution in [0.15, 0.2) is 18.2 Å². The number of rotatable bonds is 3. The summed E-state index contributed by atoms with van der Waals surface area (Å²) >= 11 is 0. The van der Waals surface area contributed by atoms with E-state index in [0.29, 0.717) is 16.9 Å². The third-order valence-corrected chi connectivity index (χ3v) is 2.26. The van der Waals surface area contributed by atoms with Crippen molar-refractivity contribution < 1.29 is 14.5 Å². The van der Waals surface area contributed by atoms with Crippen molar-refractivity contribution in [3.8, 4) is 0 Å². The lowest BCUT2D eigenvalue weighted by Crippen LogP contribution is -2.05. The summed E-state index contributed by atoms with van der Waals surface area (Å²) in [6.45, 7) is 0. The first-order valence-electron chi connectivity index (χ1n) is 4.80. The first kappa shape index (κ1) is 11.1. The summed E-state index contributed by atoms with van der Waals surface area (Å²) in [4.78, 5) is 28.1. The van der Waals surface area contributed by atoms with Gasteiger partial charge in [0.15, 0.2) is 0 Å². The predicted octanol–water partition coefficient (Wildman–Crippen LogP) is 1.19. The number of nitrogens with zero attached hydrogens (tertiary/aromatic N) is 2. The summed E-state index contributed by atoms with van der Waals surface area (Å²) < 4.78 is 4.50. The fourth-order valence-electron chi connectivity index (χ4n) is 1.46. The van der Waals surface area contributed by atoms with Crippen molar-refractivity contribution in [3.05, 3.63) is 34.1 Å². The van der Waals surface area contributed by atoms with Crippen LogP contribution in [0.2, 0.25) is 0 Å². The molecule has 7 nitrogen and oxygen atoms in total. The molecule has 0 aliphatic rings. The van der Waals surface area contributed by atoms with Gasteiger partial charge in [-0.25, -0.2) is 4.98 Å². The lowest BCUT2D eigenvalue weighted by atomic mass is 10.3. The van der Waals surface area contributed by atoms with Crippen molar-refractivity contribution in [3.63, 3.8) is 0 Å². The number of nitro benzene ring substituents is 1. The fraction of sp³-hybridized carbons (Fsp3) is 0.200. The number of methoxy groups -OCH3 is 1. The lowest BCUT2D eigenvalue weighted by molar-refractivity contribution is -0.384. The molecule has 0 spiro atoms. The van der Waals surface area contributed by atoms with Crippen LogP contribution < -0.4 is 0 Å². The second-order valence-corrected chi connectivity index (χ2v) is 3.39. The van der Waals surface area contributed by atoms with Crippen LogP contribution in [0, 0.1) is 10.1 Å². The van der Waals surface area contributed by atoms with Gasteiger partial charge in [-0.05, 0) is 6.07 Å². The Hall–Kier alpha value is -2.44. The monoisotopic (exact) mass is 235 g/mol. The molecule has 0 saturated heterocycles. The van der Waals surface area contributed by atoms with Crippen molar-refractivity contribution in [1.29, 1.82) is 0 Å². The molecule has 7 heteroatoms. The zero-order chi connectivity index (χ0) is 12.4. The normalized spacial score (nSPS) is 10.4. The number of carbonyl (C=O) groups is 1. The van der Waals surface area contributed by atoms with Crippen LogP contribution >= 0.6 is 0 Å². The maximum atomic E-state index is 11.0. The zero-order valence-corrected chi connectivity index (χ0v) is 8.97. The largest absolute Gasteiger partial charge is 0.469 e. The molecule has 0 saturated carbocycles. The molecule has 0 bridgehead atoms. The van der Waals surface area contributed by atoms with Gasteiger partial charge in [0, 0.05) is 12.1 Å². The molecular formula is C10H9N3O4. The van der Waals surface area contributed by atoms with Crippen molar-refractivity contribution in [2.75, 3.05) is 7.11 Å². The number of nitrogens with one attached hydrogen (secondary N) is 1. The first-order chi connectivity index (χ1) is 8.10. The molecule has 0 atom stereocenters. The number of carbonyl (C=O) groups excluding carboxylic acids is 1. The molecule has 0 fully saturated rings. The highest BCUT2D eigenvalue weighted by molar-refractivity contribution is 5.79. The van der Waals surface area contributed by atoms with Crippen LogP contribution in [0.4, 0.5) is 5.69 Å². The van der Waals surface area contributed by atoms with Gasteiger partial charge in [-0.15, -0.1) is 0 Å². The number of benzene rings is 1. The highest BCUT2D eigenvalue weighted by Gasteiger charge is 2.11. The molecular weight excluding hydrogens is 226 g/mol. The highest BCUT2D eigenvalue weighted by Crippen LogP contribution is 2.19. The number of fused-ring (bicyclic) bond motifs is 1. The number of H-pyrrole nitrogens is 1. The van der Waals surface area contributed by atoms with Gasteiger partial charge >= 0.3 is 5.97 Å². The van der Waals surface area contributed by atoms with Crippen LogP contribution in [0.25, 0.3) is 11.0 Å². The van der Waals surface area contributed by atoms with Crippen LogP contribution in [0.3, 0.4) is 0 Å². The number of aromatic amines is 1. The molecule has 2 aromatic rings. The Balaban J connectivity index is 2.37. The van der Waals surface area contributed by atoms with E-state index in [4.69, 9.17) is 0 Å². The van der Waals surface area contributed by atoms with Crippen LogP contribution in [-0.4, -0.2) is 28.0 Å². The standard InChI is InChI=1S/C10H9N3O4/c1-17-10(14)5-9-11-7-3-2-6(13(15)16)4-8(7)12-9/h2-4H,5H2,1H3,(H,11,12). The number of aromatic nitrogens is 2. The number of ether oxygens (including phenoxy) is 1. The molecule has 1 aromatic heterocycles. The fourth-order valence-corrected chi connectivity index (χ4v) is 1.46. The Morgan fingerprint density at radius 3 is 3.00 bits per heavy atom. The number of hydrogen-bond donors (Lipinski definition) is 1. The van der Waals surface area contributed by atoms with Gasteiger partial charge in [-0.3, -0.25) is 14.9 Å². The van der Waals surface area contributed by atoms with Gasteiger partial charge in [0.2, 0.25) is 0 Å². The van der Waals surface area contributed by atoms with E-state index in [-0.39, 0.29) is 12.1 Å². The molecule has 2 rings (SSSR count). The molecule has 0 unspecified atom stereocenters. The summed E-state index contributed by atoms with van der Waals surface area (Å²) in [5.74, 6) is 0.00547. The molecule has 1 heterocycles. The van der Waals surface area contributed by atoms with Crippen molar-refractivity contribution >= 4 is 22.7 Å². The molecule has 0 radical (unpaired) electrons. The van der Waals surface area contributed by atoms with Crippen molar-refractivity contribution in [1.82, 2.24) is 9.97 Å². The maximum Gasteiger partial charge on any atom is 0.313 e. The average Bonchev–Trinajstić information content (AvgIpc) is 2.69. The topological polar surface area (TPSA) is 98.1 Å². The van der Waals surface area contributed by atoms with Gasteiger partial charge in [-0.1, -0.05) is 0 Å². The quantitative estimate of drug-likeness (QED) is 0.489. The van der Waals surface area contributed by atoms with Crippen molar-refractivity contribution in [2.45, 2.75) is 6.42 Å². The Morgan fingerprint density at radius 2 is 2.35 bits per heavy atom. The smallest absolute Gasteiger partial charge is 0.313 e. The number of hydrogen-bond acceptors (Lipinski definition) is 5. The molecule has 0 amide bonds. The van der Waals surface area contributed by atoms with Crippen LogP contribution in [-0.2, 0) is 16.0 Å². The summed E-state index contributed by atoms with van der Waals surface area (Å²) in [5.41, 5.74) is 1.08. The molecule has 0 aliphatic carbocycles. The molecule has 1 aromatic carbocycles. The summed E-state index contributed by atoms with van der Waals surface area (Å²) in [7, 11) is 1.29. The summed E-state index contributed by atoms with van der Waals surface area (Å²) in [5, 5.41) is 10.6. The van der Waals surface area contributed by atoms with E-state index in [1.807, 2.05) is 0 Å². The molecule has 17 heavy (non-hydrogen) atoms. The third kappa shape index (κ3) is 2.22. The average molecular weight is 235 g/mol. The number of non-ortho nitro benzene ring substituents is 1. The zero-order valence-electron chi connectivity index (χ0n) is 8.97. The minimum Gasteiger partial charge on any atom is -0.469 e. The van der Waals surface area contributed by atoms with E-state index in [0.717, 1.165) is 0 Å². The van der Waals surface area contributed by atoms with Crippen LogP contribution in [0.1, 0.15) is 5.82 Å². The summed E-state index contributed by atoms with van der Waals surface area (Å²) in [6, 6.07) is 4.28. The first-order valence-corrected chi connectivity index (χ1v) is 4.80. The van der Waals surface area contributed by atoms with Gasteiger partial charge in [-0.2, -0.15) is 0 Å². The van der Waals surface area contributed by atoms with E-state index in [1.165, 1.54) is 25.3 Å². The summed E-state index contributed by atoms with van der Waals surface area (Å²) in [6.07, 6.45) is 0.0129. The van der Waals surface area contributed by atoms with E-state index < -0.39 is 10.9 Å². The van der Waals surface area contributed by atoms with Gasteiger partial charge < -0.3 is 9.72 Å². The second kappa shape index (κ2) is 4.20. The third-order valence-electron chi connectivity index (χ3n) is 2.26. The SMILES string of the molecule is COC(=O)Cc1nc2ccc([N+](=O)[O-])cc2[nH]1. The minimum absolute atomic E-state index is 0.0129. The molecule has 1 N–H and O–H groups in total. The maximum absolute atomic E-state index is 11.0. The van der Waals surface area contributed by atoms with Crippen molar-refractivity contribution in [2.24, 2.45) is 0 Å². The Bertz CT molecular complexity index is 590. The Morgan fingerprint density at radius 1 is 1.59 bits per heavy atom. The van der Waals surface area contributed by atoms with Gasteiger partial charge in [0.05, 0.1) is 23.1 Å². The Kier molecular flexibility index (Phi) is 2.73. The number of esters is 1. The Labute approximate surface area is 95.6 Å². The second-order valence-electron chi connectivity index (χ2n) is 3.39. The van der Waals surface area contributed by atoms with E-state index in [2.05, 4.69) is 14.7 Å². The number of nitro groups is 1. The van der Waals surface area contributed by atoms with E-state index in [1.54, 1.807) is 0 Å². The van der Waals surface area contributed by atoms with Gasteiger partial charge in [0.1, 0.15) is 12.2 Å². The number of imidazole rings is 1. The molecule has 88 valence electrons. The highest BCUT2D eigenvalue weighted by atomic mass is 16.6. The van der Waals surface area contributed by atoms with Gasteiger partial charge in [0.25, 0.3) is 5.69 Å². The van der Waals surface area contributed by atoms with E-state index in [9.17, 15) is 14.9 Å². The molecule has 0 aliphatic heterocycles. The van der Waals surface area contributed by atoms with E-state index >= 15 is 0 Å². The lowest BCUT2D eigenvalue weighted by Gasteiger charge is -1.93. The minimum atomic E-state index is -0.486.